The van der Waals surface area contributed by atoms with Crippen LogP contribution in [0.2, 0.25) is 10.0 Å². The molecule has 0 amide bonds. The molecule has 112 valence electrons. The van der Waals surface area contributed by atoms with E-state index in [1.165, 1.54) is 11.8 Å². The Kier molecular flexibility index (Phi) is 5.19. The largest absolute Gasteiger partial charge is 0.481 e. The fraction of sp³-hybridized carbons (Fsp3) is 0.286. The highest BCUT2D eigenvalue weighted by molar-refractivity contribution is 7.99. The van der Waals surface area contributed by atoms with Gasteiger partial charge in [0.2, 0.25) is 0 Å². The number of halogens is 2. The van der Waals surface area contributed by atoms with E-state index in [0.717, 1.165) is 11.4 Å². The van der Waals surface area contributed by atoms with Crippen LogP contribution in [0.15, 0.2) is 29.6 Å². The number of aliphatic carboxylic acids is 1. The topological polar surface area (TPSA) is 55.1 Å². The molecule has 0 radical (unpaired) electrons. The Morgan fingerprint density at radius 1 is 1.33 bits per heavy atom. The molecule has 0 bridgehead atoms. The van der Waals surface area contributed by atoms with Crippen molar-refractivity contribution >= 4 is 40.9 Å². The summed E-state index contributed by atoms with van der Waals surface area (Å²) in [6.07, 6.45) is 1.75. The minimum Gasteiger partial charge on any atom is -0.481 e. The van der Waals surface area contributed by atoms with Crippen molar-refractivity contribution < 1.29 is 9.90 Å². The number of nitrogens with zero attached hydrogens (tertiary/aromatic N) is 2. The fourth-order valence-corrected chi connectivity index (χ4v) is 3.14. The molecule has 0 aliphatic rings. The Bertz CT molecular complexity index is 651. The molecule has 7 heteroatoms. The monoisotopic (exact) mass is 344 g/mol. The lowest BCUT2D eigenvalue weighted by molar-refractivity contribution is -0.133. The number of thioether (sulfide) groups is 1. The maximum absolute atomic E-state index is 10.8. The van der Waals surface area contributed by atoms with Crippen molar-refractivity contribution in [3.05, 3.63) is 40.1 Å². The van der Waals surface area contributed by atoms with Crippen molar-refractivity contribution in [3.63, 3.8) is 0 Å². The first-order chi connectivity index (χ1) is 9.88. The minimum absolute atomic E-state index is 0.0527. The summed E-state index contributed by atoms with van der Waals surface area (Å²) in [5.41, 5.74) is 1.75. The van der Waals surface area contributed by atoms with Crippen LogP contribution in [0.1, 0.15) is 25.5 Å². The van der Waals surface area contributed by atoms with Gasteiger partial charge in [0.05, 0.1) is 17.6 Å². The van der Waals surface area contributed by atoms with Crippen molar-refractivity contribution in [1.82, 2.24) is 9.55 Å². The number of carboxylic acid groups (broad SMARTS) is 1. The Morgan fingerprint density at radius 2 is 1.95 bits per heavy atom. The van der Waals surface area contributed by atoms with Crippen LogP contribution < -0.4 is 0 Å². The molecule has 1 aromatic heterocycles. The molecule has 0 aliphatic carbocycles. The SMILES string of the molecule is CC(C)c1cnc(SCC(=O)O)n1-c1cc(Cl)cc(Cl)c1. The van der Waals surface area contributed by atoms with Crippen LogP contribution in [0, 0.1) is 0 Å². The van der Waals surface area contributed by atoms with Crippen molar-refractivity contribution in [3.8, 4) is 5.69 Å². The Hall–Kier alpha value is -1.17. The van der Waals surface area contributed by atoms with Gasteiger partial charge >= 0.3 is 5.97 Å². The average Bonchev–Trinajstić information content (AvgIpc) is 2.78. The highest BCUT2D eigenvalue weighted by atomic mass is 35.5. The molecule has 21 heavy (non-hydrogen) atoms. The lowest BCUT2D eigenvalue weighted by Crippen LogP contribution is -2.05. The lowest BCUT2D eigenvalue weighted by atomic mass is 10.1. The molecule has 0 spiro atoms. The summed E-state index contributed by atoms with van der Waals surface area (Å²) in [5.74, 6) is -0.706. The first-order valence-electron chi connectivity index (χ1n) is 6.27. The van der Waals surface area contributed by atoms with Crippen molar-refractivity contribution in [2.45, 2.75) is 24.9 Å². The summed E-state index contributed by atoms with van der Waals surface area (Å²) in [6, 6.07) is 5.22. The first kappa shape index (κ1) is 16.2. The van der Waals surface area contributed by atoms with E-state index in [-0.39, 0.29) is 11.7 Å². The van der Waals surface area contributed by atoms with Crippen LogP contribution in [0.4, 0.5) is 0 Å². The third kappa shape index (κ3) is 3.93. The van der Waals surface area contributed by atoms with Crippen LogP contribution in [0.5, 0.6) is 0 Å². The maximum atomic E-state index is 10.8. The van der Waals surface area contributed by atoms with Gasteiger partial charge in [0.1, 0.15) is 0 Å². The van der Waals surface area contributed by atoms with E-state index in [4.69, 9.17) is 28.3 Å². The quantitative estimate of drug-likeness (QED) is 0.812. The molecule has 0 aliphatic heterocycles. The van der Waals surface area contributed by atoms with Gasteiger partial charge in [-0.25, -0.2) is 4.98 Å². The zero-order valence-electron chi connectivity index (χ0n) is 11.5. The summed E-state index contributed by atoms with van der Waals surface area (Å²) in [6.45, 7) is 4.09. The number of rotatable bonds is 5. The zero-order chi connectivity index (χ0) is 15.6. The molecular weight excluding hydrogens is 331 g/mol. The Labute approximate surface area is 137 Å². The lowest BCUT2D eigenvalue weighted by Gasteiger charge is -2.14. The number of carboxylic acids is 1. The van der Waals surface area contributed by atoms with Gasteiger partial charge in [-0.05, 0) is 24.1 Å². The van der Waals surface area contributed by atoms with Crippen LogP contribution in [0.25, 0.3) is 5.69 Å². The van der Waals surface area contributed by atoms with Gasteiger partial charge in [0.15, 0.2) is 5.16 Å². The Morgan fingerprint density at radius 3 is 2.48 bits per heavy atom. The van der Waals surface area contributed by atoms with Gasteiger partial charge in [-0.2, -0.15) is 0 Å². The zero-order valence-corrected chi connectivity index (χ0v) is 13.8. The molecule has 0 fully saturated rings. The number of hydrogen-bond acceptors (Lipinski definition) is 3. The third-order valence-corrected chi connectivity index (χ3v) is 4.15. The number of aromatic nitrogens is 2. The van der Waals surface area contributed by atoms with Crippen molar-refractivity contribution in [2.75, 3.05) is 5.75 Å². The van der Waals surface area contributed by atoms with Gasteiger partial charge in [-0.3, -0.25) is 9.36 Å². The van der Waals surface area contributed by atoms with E-state index < -0.39 is 5.97 Å². The fourth-order valence-electron chi connectivity index (χ4n) is 1.91. The van der Waals surface area contributed by atoms with Gasteiger partial charge in [0, 0.05) is 15.7 Å². The predicted octanol–water partition coefficient (Wildman–Crippen LogP) is 4.48. The van der Waals surface area contributed by atoms with Crippen molar-refractivity contribution in [1.29, 1.82) is 0 Å². The molecule has 2 aromatic rings. The molecule has 2 rings (SSSR count). The Balaban J connectivity index is 2.52. The van der Waals surface area contributed by atoms with Crippen LogP contribution in [-0.2, 0) is 4.79 Å². The molecule has 4 nitrogen and oxygen atoms in total. The van der Waals surface area contributed by atoms with Gasteiger partial charge in [-0.15, -0.1) is 0 Å². The molecule has 1 aromatic carbocycles. The maximum Gasteiger partial charge on any atom is 0.313 e. The number of imidazole rings is 1. The molecule has 1 heterocycles. The van der Waals surface area contributed by atoms with Gasteiger partial charge < -0.3 is 5.11 Å². The van der Waals surface area contributed by atoms with E-state index in [1.807, 2.05) is 18.4 Å². The summed E-state index contributed by atoms with van der Waals surface area (Å²) in [7, 11) is 0. The van der Waals surface area contributed by atoms with Gasteiger partial charge in [-0.1, -0.05) is 48.8 Å². The highest BCUT2D eigenvalue weighted by Crippen LogP contribution is 2.30. The van der Waals surface area contributed by atoms with E-state index in [2.05, 4.69) is 4.98 Å². The smallest absolute Gasteiger partial charge is 0.313 e. The second-order valence-corrected chi connectivity index (χ2v) is 6.58. The molecular formula is C14H14Cl2N2O2S. The van der Waals surface area contributed by atoms with Crippen LogP contribution in [-0.4, -0.2) is 26.4 Å². The predicted molar refractivity (Wildman–Crippen MR) is 86.0 cm³/mol. The average molecular weight is 345 g/mol. The summed E-state index contributed by atoms with van der Waals surface area (Å²) < 4.78 is 1.90. The first-order valence-corrected chi connectivity index (χ1v) is 8.01. The normalized spacial score (nSPS) is 11.1. The van der Waals surface area contributed by atoms with E-state index in [0.29, 0.717) is 15.2 Å². The van der Waals surface area contributed by atoms with E-state index >= 15 is 0 Å². The molecule has 0 saturated heterocycles. The molecule has 0 atom stereocenters. The standard InChI is InChI=1S/C14H14Cl2N2O2S/c1-8(2)12-6-17-14(21-7-13(19)20)18(12)11-4-9(15)3-10(16)5-11/h3-6,8H,7H2,1-2H3,(H,19,20). The molecule has 1 N–H and O–H groups in total. The van der Waals surface area contributed by atoms with Crippen LogP contribution in [0.3, 0.4) is 0 Å². The summed E-state index contributed by atoms with van der Waals surface area (Å²) in [4.78, 5) is 15.1. The van der Waals surface area contributed by atoms with Crippen molar-refractivity contribution in [2.24, 2.45) is 0 Å². The molecule has 0 saturated carbocycles. The van der Waals surface area contributed by atoms with Gasteiger partial charge in [0.25, 0.3) is 0 Å². The van der Waals surface area contributed by atoms with Crippen LogP contribution >= 0.6 is 35.0 Å². The second-order valence-electron chi connectivity index (χ2n) is 4.77. The summed E-state index contributed by atoms with van der Waals surface area (Å²) >= 11 is 13.3. The minimum atomic E-state index is -0.884. The third-order valence-electron chi connectivity index (χ3n) is 2.78. The molecule has 0 unspecified atom stereocenters. The number of benzene rings is 1. The second kappa shape index (κ2) is 6.73. The van der Waals surface area contributed by atoms with E-state index in [9.17, 15) is 4.79 Å². The van der Waals surface area contributed by atoms with E-state index in [1.54, 1.807) is 24.4 Å². The number of hydrogen-bond donors (Lipinski definition) is 1. The number of carbonyl (C=O) groups is 1. The summed E-state index contributed by atoms with van der Waals surface area (Å²) in [5, 5.41) is 10.5. The highest BCUT2D eigenvalue weighted by Gasteiger charge is 2.16.